The standard InChI is InChI=1S/C13H12FNOS2/c1-9-15-10(7-17-9)6-11(16)8-18-13-5-3-2-4-12(13)14/h2-5,7H,6,8H2,1H3. The second kappa shape index (κ2) is 6.11. The van der Waals surface area contributed by atoms with Crippen molar-refractivity contribution in [2.75, 3.05) is 5.75 Å². The van der Waals surface area contributed by atoms with Crippen LogP contribution in [0.15, 0.2) is 34.5 Å². The smallest absolute Gasteiger partial charge is 0.149 e. The van der Waals surface area contributed by atoms with Gasteiger partial charge in [0.1, 0.15) is 11.6 Å². The van der Waals surface area contributed by atoms with E-state index in [1.165, 1.54) is 29.2 Å². The topological polar surface area (TPSA) is 30.0 Å². The summed E-state index contributed by atoms with van der Waals surface area (Å²) in [6, 6.07) is 6.48. The summed E-state index contributed by atoms with van der Waals surface area (Å²) in [7, 11) is 0. The van der Waals surface area contributed by atoms with Crippen molar-refractivity contribution in [3.63, 3.8) is 0 Å². The van der Waals surface area contributed by atoms with E-state index < -0.39 is 0 Å². The van der Waals surface area contributed by atoms with Crippen molar-refractivity contribution in [3.05, 3.63) is 46.2 Å². The monoisotopic (exact) mass is 281 g/mol. The number of aryl methyl sites for hydroxylation is 1. The van der Waals surface area contributed by atoms with Crippen molar-refractivity contribution < 1.29 is 9.18 Å². The molecule has 2 nitrogen and oxygen atoms in total. The lowest BCUT2D eigenvalue weighted by Gasteiger charge is -2.01. The van der Waals surface area contributed by atoms with Gasteiger partial charge in [0.05, 0.1) is 22.9 Å². The first-order valence-corrected chi connectivity index (χ1v) is 7.31. The second-order valence-corrected chi connectivity index (χ2v) is 5.87. The van der Waals surface area contributed by atoms with Gasteiger partial charge >= 0.3 is 0 Å². The molecule has 0 bridgehead atoms. The number of hydrogen-bond donors (Lipinski definition) is 0. The molecule has 0 fully saturated rings. The maximum absolute atomic E-state index is 13.3. The van der Waals surface area contributed by atoms with Gasteiger partial charge in [-0.2, -0.15) is 0 Å². The molecular formula is C13H12FNOS2. The number of thiazole rings is 1. The Balaban J connectivity index is 1.87. The number of halogens is 1. The van der Waals surface area contributed by atoms with Gasteiger partial charge in [0.2, 0.25) is 0 Å². The summed E-state index contributed by atoms with van der Waals surface area (Å²) in [5.74, 6) is 0.0608. The van der Waals surface area contributed by atoms with Gasteiger partial charge in [-0.25, -0.2) is 9.37 Å². The molecule has 0 aliphatic heterocycles. The van der Waals surface area contributed by atoms with E-state index in [0.717, 1.165) is 10.7 Å². The Morgan fingerprint density at radius 1 is 1.44 bits per heavy atom. The van der Waals surface area contributed by atoms with Crippen molar-refractivity contribution in [1.29, 1.82) is 0 Å². The molecule has 0 amide bonds. The molecule has 0 aliphatic carbocycles. The summed E-state index contributed by atoms with van der Waals surface area (Å²) in [6.45, 7) is 1.91. The Hall–Kier alpha value is -1.20. The quantitative estimate of drug-likeness (QED) is 0.786. The lowest BCUT2D eigenvalue weighted by Crippen LogP contribution is -2.06. The molecule has 1 aromatic carbocycles. The Bertz CT molecular complexity index is 553. The molecule has 0 saturated carbocycles. The number of aromatic nitrogens is 1. The Labute approximate surface area is 113 Å². The molecule has 18 heavy (non-hydrogen) atoms. The van der Waals surface area contributed by atoms with E-state index in [1.54, 1.807) is 18.2 Å². The number of ketones is 1. The number of Topliss-reactive ketones (excluding diaryl/α,β-unsaturated/α-hetero) is 1. The summed E-state index contributed by atoms with van der Waals surface area (Å²) in [4.78, 5) is 16.5. The molecule has 0 saturated heterocycles. The predicted octanol–water partition coefficient (Wildman–Crippen LogP) is 3.49. The first kappa shape index (κ1) is 13.2. The van der Waals surface area contributed by atoms with E-state index in [9.17, 15) is 9.18 Å². The number of rotatable bonds is 5. The van der Waals surface area contributed by atoms with Crippen LogP contribution in [0.1, 0.15) is 10.7 Å². The van der Waals surface area contributed by atoms with Crippen molar-refractivity contribution in [1.82, 2.24) is 4.98 Å². The third kappa shape index (κ3) is 3.65. The maximum atomic E-state index is 13.3. The summed E-state index contributed by atoms with van der Waals surface area (Å²) < 4.78 is 13.3. The second-order valence-electron chi connectivity index (χ2n) is 3.79. The van der Waals surface area contributed by atoms with E-state index in [0.29, 0.717) is 11.3 Å². The molecule has 5 heteroatoms. The van der Waals surface area contributed by atoms with Crippen LogP contribution in [0.25, 0.3) is 0 Å². The predicted molar refractivity (Wildman–Crippen MR) is 72.7 cm³/mol. The zero-order chi connectivity index (χ0) is 13.0. The molecule has 2 rings (SSSR count). The van der Waals surface area contributed by atoms with Gasteiger partial charge in [-0.3, -0.25) is 4.79 Å². The third-order valence-electron chi connectivity index (χ3n) is 2.27. The van der Waals surface area contributed by atoms with Gasteiger partial charge in [-0.05, 0) is 19.1 Å². The van der Waals surface area contributed by atoms with Crippen LogP contribution in [-0.2, 0) is 11.2 Å². The lowest BCUT2D eigenvalue weighted by molar-refractivity contribution is -0.116. The molecule has 0 radical (unpaired) electrons. The summed E-state index contributed by atoms with van der Waals surface area (Å²) in [5.41, 5.74) is 0.802. The van der Waals surface area contributed by atoms with Crippen LogP contribution >= 0.6 is 23.1 Å². The molecule has 0 N–H and O–H groups in total. The van der Waals surface area contributed by atoms with Gasteiger partial charge in [0.25, 0.3) is 0 Å². The molecule has 0 unspecified atom stereocenters. The highest BCUT2D eigenvalue weighted by atomic mass is 32.2. The fourth-order valence-electron chi connectivity index (χ4n) is 1.46. The van der Waals surface area contributed by atoms with Crippen LogP contribution in [-0.4, -0.2) is 16.5 Å². The SMILES string of the molecule is Cc1nc(CC(=O)CSc2ccccc2F)cs1. The third-order valence-corrected chi connectivity index (χ3v) is 4.20. The van der Waals surface area contributed by atoms with Gasteiger partial charge in [-0.15, -0.1) is 23.1 Å². The number of carbonyl (C=O) groups is 1. The normalized spacial score (nSPS) is 10.6. The largest absolute Gasteiger partial charge is 0.298 e. The highest BCUT2D eigenvalue weighted by molar-refractivity contribution is 8.00. The van der Waals surface area contributed by atoms with Crippen molar-refractivity contribution >= 4 is 28.9 Å². The van der Waals surface area contributed by atoms with Crippen LogP contribution in [0.5, 0.6) is 0 Å². The first-order chi connectivity index (χ1) is 8.65. The van der Waals surface area contributed by atoms with Crippen LogP contribution in [0.4, 0.5) is 4.39 Å². The maximum Gasteiger partial charge on any atom is 0.149 e. The summed E-state index contributed by atoms with van der Waals surface area (Å²) in [5, 5.41) is 2.85. The minimum atomic E-state index is -0.278. The molecule has 0 atom stereocenters. The zero-order valence-corrected chi connectivity index (χ0v) is 11.5. The number of hydrogen-bond acceptors (Lipinski definition) is 4. The van der Waals surface area contributed by atoms with E-state index in [-0.39, 0.29) is 17.4 Å². The fourth-order valence-corrected chi connectivity index (χ4v) is 2.87. The fraction of sp³-hybridized carbons (Fsp3) is 0.231. The molecular weight excluding hydrogens is 269 g/mol. The Kier molecular flexibility index (Phi) is 4.49. The number of thioether (sulfide) groups is 1. The molecule has 94 valence electrons. The van der Waals surface area contributed by atoms with E-state index in [2.05, 4.69) is 4.98 Å². The van der Waals surface area contributed by atoms with Crippen LogP contribution in [0, 0.1) is 12.7 Å². The van der Waals surface area contributed by atoms with Gasteiger partial charge < -0.3 is 0 Å². The van der Waals surface area contributed by atoms with Crippen LogP contribution < -0.4 is 0 Å². The molecule has 2 aromatic rings. The van der Waals surface area contributed by atoms with Crippen molar-refractivity contribution in [2.24, 2.45) is 0 Å². The number of benzene rings is 1. The lowest BCUT2D eigenvalue weighted by atomic mass is 10.2. The molecule has 1 heterocycles. The Morgan fingerprint density at radius 3 is 2.89 bits per heavy atom. The highest BCUT2D eigenvalue weighted by Crippen LogP contribution is 2.21. The minimum Gasteiger partial charge on any atom is -0.298 e. The average Bonchev–Trinajstić information content (AvgIpc) is 2.74. The highest BCUT2D eigenvalue weighted by Gasteiger charge is 2.09. The van der Waals surface area contributed by atoms with Crippen LogP contribution in [0.3, 0.4) is 0 Å². The van der Waals surface area contributed by atoms with Gasteiger partial charge in [0.15, 0.2) is 0 Å². The molecule has 0 spiro atoms. The first-order valence-electron chi connectivity index (χ1n) is 5.45. The Morgan fingerprint density at radius 2 is 2.22 bits per heavy atom. The van der Waals surface area contributed by atoms with E-state index in [4.69, 9.17) is 0 Å². The van der Waals surface area contributed by atoms with Gasteiger partial charge in [-0.1, -0.05) is 12.1 Å². The minimum absolute atomic E-state index is 0.0635. The molecule has 1 aromatic heterocycles. The average molecular weight is 281 g/mol. The number of nitrogens with zero attached hydrogens (tertiary/aromatic N) is 1. The zero-order valence-electron chi connectivity index (χ0n) is 9.85. The van der Waals surface area contributed by atoms with Gasteiger partial charge in [0, 0.05) is 10.3 Å². The van der Waals surface area contributed by atoms with Crippen molar-refractivity contribution in [2.45, 2.75) is 18.2 Å². The van der Waals surface area contributed by atoms with Crippen LogP contribution in [0.2, 0.25) is 0 Å². The van der Waals surface area contributed by atoms with Crippen molar-refractivity contribution in [3.8, 4) is 0 Å². The summed E-state index contributed by atoms with van der Waals surface area (Å²) in [6.07, 6.45) is 0.325. The van der Waals surface area contributed by atoms with E-state index >= 15 is 0 Å². The van der Waals surface area contributed by atoms with E-state index in [1.807, 2.05) is 12.3 Å². The molecule has 0 aliphatic rings. The summed E-state index contributed by atoms with van der Waals surface area (Å²) >= 11 is 2.77. The number of carbonyl (C=O) groups excluding carboxylic acids is 1.